The van der Waals surface area contributed by atoms with E-state index in [0.717, 1.165) is 42.0 Å². The lowest BCUT2D eigenvalue weighted by Crippen LogP contribution is -2.22. The molecule has 0 radical (unpaired) electrons. The number of halogens is 1. The third kappa shape index (κ3) is 5.01. The first kappa shape index (κ1) is 16.3. The SMILES string of the molecule is CNCCCN(C)Cc1cc(OC)c(OC)cc1Br. The third-order valence-corrected chi connectivity index (χ3v) is 3.70. The standard InChI is InChI=1S/C14H23BrN2O2/c1-16-6-5-7-17(2)10-11-8-13(18-3)14(19-4)9-12(11)15/h8-9,16H,5-7,10H2,1-4H3. The summed E-state index contributed by atoms with van der Waals surface area (Å²) in [5.74, 6) is 1.51. The first-order valence-electron chi connectivity index (χ1n) is 6.36. The predicted molar refractivity (Wildman–Crippen MR) is 82.1 cm³/mol. The molecule has 0 aliphatic rings. The van der Waals surface area contributed by atoms with Crippen molar-refractivity contribution in [3.8, 4) is 11.5 Å². The molecule has 0 saturated heterocycles. The van der Waals surface area contributed by atoms with Crippen LogP contribution >= 0.6 is 15.9 Å². The smallest absolute Gasteiger partial charge is 0.161 e. The van der Waals surface area contributed by atoms with Crippen molar-refractivity contribution < 1.29 is 9.47 Å². The van der Waals surface area contributed by atoms with Gasteiger partial charge in [0.2, 0.25) is 0 Å². The summed E-state index contributed by atoms with van der Waals surface area (Å²) < 4.78 is 11.7. The molecule has 1 aromatic rings. The number of hydrogen-bond acceptors (Lipinski definition) is 4. The van der Waals surface area contributed by atoms with Crippen LogP contribution in [0, 0.1) is 0 Å². The Morgan fingerprint density at radius 2 is 1.84 bits per heavy atom. The summed E-state index contributed by atoms with van der Waals surface area (Å²) in [7, 11) is 7.41. The Morgan fingerprint density at radius 3 is 2.42 bits per heavy atom. The number of methoxy groups -OCH3 is 2. The van der Waals surface area contributed by atoms with Crippen LogP contribution in [0.1, 0.15) is 12.0 Å². The number of benzene rings is 1. The first-order chi connectivity index (χ1) is 9.12. The van der Waals surface area contributed by atoms with Crippen molar-refractivity contribution in [3.63, 3.8) is 0 Å². The summed E-state index contributed by atoms with van der Waals surface area (Å²) in [6.07, 6.45) is 1.14. The van der Waals surface area contributed by atoms with Gasteiger partial charge in [0.25, 0.3) is 0 Å². The highest BCUT2D eigenvalue weighted by Crippen LogP contribution is 2.33. The van der Waals surface area contributed by atoms with Crippen LogP contribution in [-0.2, 0) is 6.54 Å². The Morgan fingerprint density at radius 1 is 1.21 bits per heavy atom. The van der Waals surface area contributed by atoms with Crippen LogP contribution < -0.4 is 14.8 Å². The molecule has 19 heavy (non-hydrogen) atoms. The van der Waals surface area contributed by atoms with Crippen molar-refractivity contribution in [2.24, 2.45) is 0 Å². The lowest BCUT2D eigenvalue weighted by atomic mass is 10.2. The molecule has 4 nitrogen and oxygen atoms in total. The Labute approximate surface area is 124 Å². The second-order valence-electron chi connectivity index (χ2n) is 4.49. The molecule has 0 aliphatic heterocycles. The fraction of sp³-hybridized carbons (Fsp3) is 0.571. The third-order valence-electron chi connectivity index (χ3n) is 2.96. The van der Waals surface area contributed by atoms with E-state index in [1.165, 1.54) is 5.56 Å². The zero-order valence-electron chi connectivity index (χ0n) is 12.1. The molecule has 0 amide bonds. The maximum Gasteiger partial charge on any atom is 0.161 e. The molecule has 108 valence electrons. The van der Waals surface area contributed by atoms with Crippen LogP contribution in [0.25, 0.3) is 0 Å². The number of ether oxygens (including phenoxy) is 2. The van der Waals surface area contributed by atoms with E-state index >= 15 is 0 Å². The molecule has 0 fully saturated rings. The van der Waals surface area contributed by atoms with Gasteiger partial charge in [-0.15, -0.1) is 0 Å². The fourth-order valence-electron chi connectivity index (χ4n) is 1.91. The summed E-state index contributed by atoms with van der Waals surface area (Å²) in [6.45, 7) is 2.98. The molecule has 1 N–H and O–H groups in total. The molecule has 5 heteroatoms. The number of nitrogens with one attached hydrogen (secondary N) is 1. The molecule has 0 spiro atoms. The zero-order chi connectivity index (χ0) is 14.3. The molecule has 0 bridgehead atoms. The van der Waals surface area contributed by atoms with Gasteiger partial charge in [0.1, 0.15) is 0 Å². The van der Waals surface area contributed by atoms with Crippen molar-refractivity contribution in [1.29, 1.82) is 0 Å². The zero-order valence-corrected chi connectivity index (χ0v) is 13.7. The second-order valence-corrected chi connectivity index (χ2v) is 5.35. The molecule has 0 aliphatic carbocycles. The van der Waals surface area contributed by atoms with E-state index in [1.807, 2.05) is 19.2 Å². The minimum Gasteiger partial charge on any atom is -0.493 e. The highest BCUT2D eigenvalue weighted by Gasteiger charge is 2.11. The maximum atomic E-state index is 5.34. The van der Waals surface area contributed by atoms with Crippen LogP contribution in [-0.4, -0.2) is 46.3 Å². The van der Waals surface area contributed by atoms with Crippen molar-refractivity contribution >= 4 is 15.9 Å². The van der Waals surface area contributed by atoms with Crippen LogP contribution in [0.5, 0.6) is 11.5 Å². The predicted octanol–water partition coefficient (Wildman–Crippen LogP) is 2.51. The van der Waals surface area contributed by atoms with Crippen molar-refractivity contribution in [2.75, 3.05) is 41.4 Å². The Balaban J connectivity index is 2.72. The van der Waals surface area contributed by atoms with E-state index < -0.39 is 0 Å². The highest BCUT2D eigenvalue weighted by atomic mass is 79.9. The average molecular weight is 331 g/mol. The normalized spacial score (nSPS) is 10.8. The second kappa shape index (κ2) is 8.40. The van der Waals surface area contributed by atoms with Gasteiger partial charge in [-0.1, -0.05) is 15.9 Å². The Kier molecular flexibility index (Phi) is 7.20. The van der Waals surface area contributed by atoms with Crippen LogP contribution in [0.2, 0.25) is 0 Å². The minimum absolute atomic E-state index is 0.746. The van der Waals surface area contributed by atoms with Gasteiger partial charge in [-0.2, -0.15) is 0 Å². The molecule has 1 rings (SSSR count). The van der Waals surface area contributed by atoms with Gasteiger partial charge in [-0.05, 0) is 51.3 Å². The number of rotatable bonds is 8. The summed E-state index contributed by atoms with van der Waals surface area (Å²) in [5, 5.41) is 3.16. The quantitative estimate of drug-likeness (QED) is 0.742. The van der Waals surface area contributed by atoms with Gasteiger partial charge >= 0.3 is 0 Å². The van der Waals surface area contributed by atoms with Gasteiger partial charge in [-0.25, -0.2) is 0 Å². The Bertz CT molecular complexity index is 399. The monoisotopic (exact) mass is 330 g/mol. The van der Waals surface area contributed by atoms with E-state index in [4.69, 9.17) is 9.47 Å². The number of nitrogens with zero attached hydrogens (tertiary/aromatic N) is 1. The van der Waals surface area contributed by atoms with Crippen LogP contribution in [0.4, 0.5) is 0 Å². The van der Waals surface area contributed by atoms with Crippen LogP contribution in [0.15, 0.2) is 16.6 Å². The lowest BCUT2D eigenvalue weighted by Gasteiger charge is -2.19. The van der Waals surface area contributed by atoms with Crippen LogP contribution in [0.3, 0.4) is 0 Å². The number of hydrogen-bond donors (Lipinski definition) is 1. The Hall–Kier alpha value is -0.780. The summed E-state index contributed by atoms with van der Waals surface area (Å²) in [6, 6.07) is 3.98. The topological polar surface area (TPSA) is 33.7 Å². The van der Waals surface area contributed by atoms with E-state index in [1.54, 1.807) is 14.2 Å². The largest absolute Gasteiger partial charge is 0.493 e. The average Bonchev–Trinajstić information content (AvgIpc) is 2.40. The molecular weight excluding hydrogens is 308 g/mol. The van der Waals surface area contributed by atoms with Gasteiger partial charge in [0, 0.05) is 11.0 Å². The summed E-state index contributed by atoms with van der Waals surface area (Å²) >= 11 is 3.59. The molecule has 0 aromatic heterocycles. The van der Waals surface area contributed by atoms with Gasteiger partial charge in [0.15, 0.2) is 11.5 Å². The molecule has 0 unspecified atom stereocenters. The summed E-state index contributed by atoms with van der Waals surface area (Å²) in [5.41, 5.74) is 1.20. The van der Waals surface area contributed by atoms with Crippen molar-refractivity contribution in [3.05, 3.63) is 22.2 Å². The first-order valence-corrected chi connectivity index (χ1v) is 7.15. The van der Waals surface area contributed by atoms with Gasteiger partial charge < -0.3 is 19.7 Å². The molecular formula is C14H23BrN2O2. The molecule has 1 aromatic carbocycles. The maximum absolute atomic E-state index is 5.34. The van der Waals surface area contributed by atoms with Crippen molar-refractivity contribution in [2.45, 2.75) is 13.0 Å². The molecule has 0 saturated carbocycles. The van der Waals surface area contributed by atoms with E-state index in [-0.39, 0.29) is 0 Å². The van der Waals surface area contributed by atoms with E-state index in [0.29, 0.717) is 0 Å². The lowest BCUT2D eigenvalue weighted by molar-refractivity contribution is 0.317. The molecule has 0 atom stereocenters. The summed E-state index contributed by atoms with van der Waals surface area (Å²) in [4.78, 5) is 2.29. The van der Waals surface area contributed by atoms with Gasteiger partial charge in [0.05, 0.1) is 14.2 Å². The van der Waals surface area contributed by atoms with Crippen molar-refractivity contribution in [1.82, 2.24) is 10.2 Å². The minimum atomic E-state index is 0.746. The van der Waals surface area contributed by atoms with E-state index in [9.17, 15) is 0 Å². The molecule has 0 heterocycles. The van der Waals surface area contributed by atoms with E-state index in [2.05, 4.69) is 33.2 Å². The fourth-order valence-corrected chi connectivity index (χ4v) is 2.36. The highest BCUT2D eigenvalue weighted by molar-refractivity contribution is 9.10. The van der Waals surface area contributed by atoms with Gasteiger partial charge in [-0.3, -0.25) is 0 Å².